The maximum Gasteiger partial charge on any atom is 0.281 e. The van der Waals surface area contributed by atoms with Gasteiger partial charge in [-0.15, -0.1) is 0 Å². The van der Waals surface area contributed by atoms with Gasteiger partial charge in [-0.3, -0.25) is 4.79 Å². The van der Waals surface area contributed by atoms with Crippen LogP contribution in [0.1, 0.15) is 16.4 Å². The lowest BCUT2D eigenvalue weighted by molar-refractivity contribution is 0.241. The molecule has 0 spiro atoms. The van der Waals surface area contributed by atoms with Crippen molar-refractivity contribution in [2.75, 3.05) is 27.2 Å². The van der Waals surface area contributed by atoms with E-state index in [4.69, 9.17) is 0 Å². The molecule has 1 N–H and O–H groups in total. The minimum absolute atomic E-state index is 0.119. The third-order valence-corrected chi connectivity index (χ3v) is 4.18. The number of nitrogens with one attached hydrogen (secondary N) is 1. The van der Waals surface area contributed by atoms with Gasteiger partial charge in [0.1, 0.15) is 0 Å². The Kier molecular flexibility index (Phi) is 4.07. The zero-order valence-corrected chi connectivity index (χ0v) is 11.1. The van der Waals surface area contributed by atoms with E-state index in [2.05, 4.69) is 29.6 Å². The van der Waals surface area contributed by atoms with Crippen molar-refractivity contribution in [2.24, 2.45) is 0 Å². The van der Waals surface area contributed by atoms with Gasteiger partial charge in [-0.05, 0) is 24.1 Å². The molecule has 1 atom stereocenters. The molecule has 0 bridgehead atoms. The smallest absolute Gasteiger partial charge is 0.281 e. The van der Waals surface area contributed by atoms with E-state index in [1.165, 1.54) is 22.9 Å². The van der Waals surface area contributed by atoms with Gasteiger partial charge in [0.15, 0.2) is 0 Å². The van der Waals surface area contributed by atoms with Gasteiger partial charge in [0, 0.05) is 20.6 Å². The Morgan fingerprint density at radius 3 is 2.94 bits per heavy atom. The van der Waals surface area contributed by atoms with Gasteiger partial charge in [-0.25, -0.2) is 0 Å². The first-order valence-corrected chi connectivity index (χ1v) is 6.73. The molecule has 1 aliphatic heterocycles. The van der Waals surface area contributed by atoms with Crippen LogP contribution in [0, 0.1) is 0 Å². The predicted molar refractivity (Wildman–Crippen MR) is 72.4 cm³/mol. The van der Waals surface area contributed by atoms with Crippen molar-refractivity contribution >= 4 is 17.0 Å². The van der Waals surface area contributed by atoms with E-state index in [1.54, 1.807) is 19.0 Å². The monoisotopic (exact) mass is 250 g/mol. The van der Waals surface area contributed by atoms with Crippen LogP contribution in [0.15, 0.2) is 24.3 Å². The molecule has 0 fully saturated rings. The third kappa shape index (κ3) is 3.01. The topological polar surface area (TPSA) is 32.3 Å². The fourth-order valence-electron chi connectivity index (χ4n) is 1.97. The van der Waals surface area contributed by atoms with Crippen molar-refractivity contribution in [1.82, 2.24) is 10.2 Å². The highest BCUT2D eigenvalue weighted by atomic mass is 32.2. The zero-order chi connectivity index (χ0) is 12.3. The molecule has 4 heteroatoms. The molecule has 0 aromatic heterocycles. The van der Waals surface area contributed by atoms with Crippen LogP contribution in [0.4, 0.5) is 4.79 Å². The number of rotatable bonds is 1. The Morgan fingerprint density at radius 2 is 2.18 bits per heavy atom. The van der Waals surface area contributed by atoms with E-state index >= 15 is 0 Å². The van der Waals surface area contributed by atoms with Crippen LogP contribution in [0.2, 0.25) is 0 Å². The summed E-state index contributed by atoms with van der Waals surface area (Å²) in [5.74, 6) is 0. The van der Waals surface area contributed by atoms with Gasteiger partial charge >= 0.3 is 0 Å². The highest BCUT2D eigenvalue weighted by Gasteiger charge is 2.22. The molecule has 1 aliphatic rings. The van der Waals surface area contributed by atoms with E-state index in [0.717, 1.165) is 19.5 Å². The summed E-state index contributed by atoms with van der Waals surface area (Å²) < 4.78 is 0. The van der Waals surface area contributed by atoms with Gasteiger partial charge in [-0.1, -0.05) is 36.0 Å². The molecule has 1 unspecified atom stereocenters. The first-order valence-electron chi connectivity index (χ1n) is 5.85. The van der Waals surface area contributed by atoms with Crippen molar-refractivity contribution in [3.63, 3.8) is 0 Å². The van der Waals surface area contributed by atoms with Crippen molar-refractivity contribution < 1.29 is 4.79 Å². The van der Waals surface area contributed by atoms with Crippen LogP contribution in [0.5, 0.6) is 0 Å². The Hall–Kier alpha value is -1.00. The maximum atomic E-state index is 11.8. The standard InChI is InChI=1S/C13H18N2OS/c1-15(2)13(16)17-12-9-14-8-7-10-5-3-4-6-11(10)12/h3-6,12,14H,7-9H2,1-2H3. The fraction of sp³-hybridized carbons (Fsp3) is 0.462. The van der Waals surface area contributed by atoms with Gasteiger partial charge in [0.25, 0.3) is 5.24 Å². The average molecular weight is 250 g/mol. The summed E-state index contributed by atoms with van der Waals surface area (Å²) >= 11 is 1.41. The number of amides is 1. The molecule has 92 valence electrons. The second-order valence-electron chi connectivity index (χ2n) is 4.42. The second kappa shape index (κ2) is 5.56. The lowest BCUT2D eigenvalue weighted by Gasteiger charge is -2.18. The van der Waals surface area contributed by atoms with Crippen LogP contribution < -0.4 is 5.32 Å². The number of benzene rings is 1. The molecular formula is C13H18N2OS. The highest BCUT2D eigenvalue weighted by molar-refractivity contribution is 8.13. The SMILES string of the molecule is CN(C)C(=O)SC1CNCCc2ccccc21. The molecule has 1 aromatic rings. The molecular weight excluding hydrogens is 232 g/mol. The van der Waals surface area contributed by atoms with Crippen molar-refractivity contribution in [3.05, 3.63) is 35.4 Å². The molecule has 0 aliphatic carbocycles. The van der Waals surface area contributed by atoms with Crippen LogP contribution in [-0.2, 0) is 6.42 Å². The molecule has 3 nitrogen and oxygen atoms in total. The van der Waals surface area contributed by atoms with Gasteiger partial charge in [0.05, 0.1) is 5.25 Å². The van der Waals surface area contributed by atoms with Gasteiger partial charge < -0.3 is 10.2 Å². The summed E-state index contributed by atoms with van der Waals surface area (Å²) in [5.41, 5.74) is 2.67. The van der Waals surface area contributed by atoms with Crippen LogP contribution in [-0.4, -0.2) is 37.3 Å². The number of hydrogen-bond donors (Lipinski definition) is 1. The summed E-state index contributed by atoms with van der Waals surface area (Å²) in [7, 11) is 3.59. The molecule has 1 heterocycles. The fourth-order valence-corrected chi connectivity index (χ4v) is 2.99. The molecule has 0 saturated carbocycles. The second-order valence-corrected chi connectivity index (χ2v) is 5.57. The Bertz CT molecular complexity index is 406. The highest BCUT2D eigenvalue weighted by Crippen LogP contribution is 2.33. The van der Waals surface area contributed by atoms with Crippen molar-refractivity contribution in [2.45, 2.75) is 11.7 Å². The number of hydrogen-bond acceptors (Lipinski definition) is 3. The quantitative estimate of drug-likeness (QED) is 0.830. The normalized spacial score (nSPS) is 19.3. The molecule has 2 rings (SSSR count). The van der Waals surface area contributed by atoms with E-state index in [0.29, 0.717) is 0 Å². The van der Waals surface area contributed by atoms with Crippen molar-refractivity contribution in [3.8, 4) is 0 Å². The minimum atomic E-state index is 0.119. The van der Waals surface area contributed by atoms with E-state index in [-0.39, 0.29) is 10.5 Å². The molecule has 17 heavy (non-hydrogen) atoms. The Morgan fingerprint density at radius 1 is 1.41 bits per heavy atom. The first kappa shape index (κ1) is 12.5. The summed E-state index contributed by atoms with van der Waals surface area (Å²) in [6.45, 7) is 1.85. The first-order chi connectivity index (χ1) is 8.18. The Labute approximate surface area is 107 Å². The summed E-state index contributed by atoms with van der Waals surface area (Å²) in [4.78, 5) is 13.4. The molecule has 1 amide bonds. The number of carbonyl (C=O) groups is 1. The minimum Gasteiger partial charge on any atom is -0.340 e. The van der Waals surface area contributed by atoms with E-state index < -0.39 is 0 Å². The number of nitrogens with zero attached hydrogens (tertiary/aromatic N) is 1. The maximum absolute atomic E-state index is 11.8. The van der Waals surface area contributed by atoms with Crippen LogP contribution in [0.25, 0.3) is 0 Å². The summed E-state index contributed by atoms with van der Waals surface area (Å²) in [6, 6.07) is 8.43. The zero-order valence-electron chi connectivity index (χ0n) is 10.3. The molecule has 0 radical (unpaired) electrons. The molecule has 1 aromatic carbocycles. The summed E-state index contributed by atoms with van der Waals surface area (Å²) in [5, 5.41) is 3.74. The average Bonchev–Trinajstić information content (AvgIpc) is 2.52. The number of fused-ring (bicyclic) bond motifs is 1. The number of thioether (sulfide) groups is 1. The largest absolute Gasteiger partial charge is 0.340 e. The van der Waals surface area contributed by atoms with E-state index in [9.17, 15) is 4.79 Å². The van der Waals surface area contributed by atoms with Gasteiger partial charge in [0.2, 0.25) is 0 Å². The lowest BCUT2D eigenvalue weighted by atomic mass is 10.0. The summed E-state index contributed by atoms with van der Waals surface area (Å²) in [6.07, 6.45) is 1.05. The molecule has 0 saturated heterocycles. The lowest BCUT2D eigenvalue weighted by Crippen LogP contribution is -2.22. The van der Waals surface area contributed by atoms with Gasteiger partial charge in [-0.2, -0.15) is 0 Å². The number of carbonyl (C=O) groups excluding carboxylic acids is 1. The van der Waals surface area contributed by atoms with E-state index in [1.807, 2.05) is 0 Å². The third-order valence-electron chi connectivity index (χ3n) is 2.91. The Balaban J connectivity index is 2.20. The predicted octanol–water partition coefficient (Wildman–Crippen LogP) is 2.29. The van der Waals surface area contributed by atoms with Crippen LogP contribution in [0.3, 0.4) is 0 Å². The van der Waals surface area contributed by atoms with Crippen LogP contribution >= 0.6 is 11.8 Å². The van der Waals surface area contributed by atoms with Crippen molar-refractivity contribution in [1.29, 1.82) is 0 Å².